The Balaban J connectivity index is 1.32. The molecule has 0 spiro atoms. The van der Waals surface area contributed by atoms with Gasteiger partial charge in [0.1, 0.15) is 11.6 Å². The highest BCUT2D eigenvalue weighted by molar-refractivity contribution is 9.10. The van der Waals surface area contributed by atoms with E-state index in [4.69, 9.17) is 4.42 Å². The molecule has 2 heterocycles. The summed E-state index contributed by atoms with van der Waals surface area (Å²) in [5.41, 5.74) is 2.49. The van der Waals surface area contributed by atoms with Crippen LogP contribution < -0.4 is 4.90 Å². The van der Waals surface area contributed by atoms with Crippen LogP contribution in [0.15, 0.2) is 86.6 Å². The van der Waals surface area contributed by atoms with Crippen molar-refractivity contribution in [3.05, 3.63) is 77.3 Å². The molecule has 1 aliphatic heterocycles. The first kappa shape index (κ1) is 26.9. The number of carbonyl (C=O) groups is 2. The third-order valence-electron chi connectivity index (χ3n) is 7.67. The van der Waals surface area contributed by atoms with E-state index < -0.39 is 27.9 Å². The Morgan fingerprint density at radius 2 is 1.55 bits per heavy atom. The Labute approximate surface area is 241 Å². The van der Waals surface area contributed by atoms with Gasteiger partial charge in [0, 0.05) is 16.1 Å². The van der Waals surface area contributed by atoms with E-state index in [1.807, 2.05) is 24.3 Å². The number of fused-ring (bicyclic) bond motifs is 1. The van der Waals surface area contributed by atoms with Crippen molar-refractivity contribution >= 4 is 54.6 Å². The van der Waals surface area contributed by atoms with Crippen molar-refractivity contribution in [3.8, 4) is 11.5 Å². The van der Waals surface area contributed by atoms with Crippen LogP contribution in [-0.4, -0.2) is 41.6 Å². The van der Waals surface area contributed by atoms with Gasteiger partial charge in [0.25, 0.3) is 5.91 Å². The van der Waals surface area contributed by atoms with Crippen LogP contribution in [0.5, 0.6) is 0 Å². The van der Waals surface area contributed by atoms with Crippen molar-refractivity contribution in [3.63, 3.8) is 0 Å². The molecule has 8 nitrogen and oxygen atoms in total. The van der Waals surface area contributed by atoms with Gasteiger partial charge in [0.05, 0.1) is 17.0 Å². The van der Waals surface area contributed by atoms with Gasteiger partial charge in [0.15, 0.2) is 5.58 Å². The van der Waals surface area contributed by atoms with E-state index in [9.17, 15) is 18.0 Å². The second-order valence-electron chi connectivity index (χ2n) is 10.3. The van der Waals surface area contributed by atoms with Crippen LogP contribution >= 0.6 is 15.9 Å². The first-order chi connectivity index (χ1) is 19.3. The minimum atomic E-state index is -4.04. The van der Waals surface area contributed by atoms with Gasteiger partial charge in [-0.3, -0.25) is 9.59 Å². The number of para-hydroxylation sites is 2. The van der Waals surface area contributed by atoms with E-state index in [1.54, 1.807) is 36.4 Å². The number of halogens is 1. The number of sulfonamides is 1. The van der Waals surface area contributed by atoms with Crippen molar-refractivity contribution in [1.82, 2.24) is 9.29 Å². The normalized spacial score (nSPS) is 19.1. The molecule has 2 amide bonds. The zero-order valence-corrected chi connectivity index (χ0v) is 24.1. The fourth-order valence-electron chi connectivity index (χ4n) is 5.69. The highest BCUT2D eigenvalue weighted by Gasteiger charge is 2.49. The van der Waals surface area contributed by atoms with E-state index in [0.29, 0.717) is 35.6 Å². The van der Waals surface area contributed by atoms with Gasteiger partial charge in [-0.25, -0.2) is 18.3 Å². The second-order valence-corrected chi connectivity index (χ2v) is 13.0. The van der Waals surface area contributed by atoms with Gasteiger partial charge >= 0.3 is 0 Å². The molecule has 1 atom stereocenters. The molecule has 1 aliphatic carbocycles. The summed E-state index contributed by atoms with van der Waals surface area (Å²) in [7, 11) is -4.04. The smallest absolute Gasteiger partial charge is 0.252 e. The van der Waals surface area contributed by atoms with Crippen LogP contribution in [0, 0.1) is 0 Å². The predicted octanol–water partition coefficient (Wildman–Crippen LogP) is 6.30. The lowest BCUT2D eigenvalue weighted by Gasteiger charge is -2.33. The first-order valence-electron chi connectivity index (χ1n) is 13.4. The molecule has 2 fully saturated rings. The van der Waals surface area contributed by atoms with Gasteiger partial charge in [-0.05, 0) is 73.5 Å². The monoisotopic (exact) mass is 621 g/mol. The van der Waals surface area contributed by atoms with E-state index in [2.05, 4.69) is 20.9 Å². The summed E-state index contributed by atoms with van der Waals surface area (Å²) in [6.07, 6.45) is 4.94. The van der Waals surface area contributed by atoms with Crippen LogP contribution in [0.2, 0.25) is 0 Å². The first-order valence-corrected chi connectivity index (χ1v) is 15.7. The highest BCUT2D eigenvalue weighted by Crippen LogP contribution is 2.35. The Kier molecular flexibility index (Phi) is 7.33. The third kappa shape index (κ3) is 5.00. The Morgan fingerprint density at radius 3 is 2.23 bits per heavy atom. The Bertz CT molecular complexity index is 1630. The van der Waals surface area contributed by atoms with E-state index in [1.165, 1.54) is 16.4 Å². The number of benzene rings is 3. The predicted molar refractivity (Wildman–Crippen MR) is 155 cm³/mol. The number of rotatable bonds is 6. The van der Waals surface area contributed by atoms with Crippen molar-refractivity contribution < 1.29 is 22.4 Å². The number of imide groups is 1. The fourth-order valence-corrected chi connectivity index (χ4v) is 7.78. The lowest BCUT2D eigenvalue weighted by molar-refractivity contribution is -0.122. The van der Waals surface area contributed by atoms with Gasteiger partial charge in [-0.1, -0.05) is 53.7 Å². The van der Waals surface area contributed by atoms with Crippen molar-refractivity contribution in [2.24, 2.45) is 0 Å². The standard InChI is InChI=1S/C30H28BrN3O5S/c31-21-13-17-24(18-14-21)40(37,38)34(23-7-3-1-2-4-8-23)26-19-28(35)33(30(26)36)22-15-11-20(12-16-22)29-32-25-9-5-6-10-27(25)39-29/h5-6,9-18,23,26H,1-4,7-8,19H2. The minimum Gasteiger partial charge on any atom is -0.436 e. The van der Waals surface area contributed by atoms with Gasteiger partial charge in [0.2, 0.25) is 21.8 Å². The number of anilines is 1. The lowest BCUT2D eigenvalue weighted by atomic mass is 10.1. The molecule has 1 unspecified atom stereocenters. The van der Waals surface area contributed by atoms with E-state index >= 15 is 0 Å². The average Bonchev–Trinajstić information content (AvgIpc) is 3.38. The Hall–Kier alpha value is -3.34. The summed E-state index contributed by atoms with van der Waals surface area (Å²) in [5.74, 6) is -0.511. The molecule has 6 rings (SSSR count). The summed E-state index contributed by atoms with van der Waals surface area (Å²) >= 11 is 3.36. The zero-order valence-electron chi connectivity index (χ0n) is 21.7. The Morgan fingerprint density at radius 1 is 0.875 bits per heavy atom. The number of carbonyl (C=O) groups excluding carboxylic acids is 2. The summed E-state index contributed by atoms with van der Waals surface area (Å²) in [5, 5.41) is 0. The maximum absolute atomic E-state index is 14.0. The fraction of sp³-hybridized carbons (Fsp3) is 0.300. The van der Waals surface area contributed by atoms with Crippen LogP contribution in [-0.2, 0) is 19.6 Å². The summed E-state index contributed by atoms with van der Waals surface area (Å²) in [6, 6.07) is 19.2. The largest absolute Gasteiger partial charge is 0.436 e. The molecule has 40 heavy (non-hydrogen) atoms. The number of hydrogen-bond donors (Lipinski definition) is 0. The molecular formula is C30H28BrN3O5S. The third-order valence-corrected chi connectivity index (χ3v) is 10.2. The number of amides is 2. The molecule has 0 N–H and O–H groups in total. The van der Waals surface area contributed by atoms with Crippen molar-refractivity contribution in [1.29, 1.82) is 0 Å². The molecule has 0 bridgehead atoms. The molecule has 0 radical (unpaired) electrons. The second kappa shape index (κ2) is 10.9. The SMILES string of the molecule is O=C1CC(N(C2CCCCCC2)S(=O)(=O)c2ccc(Br)cc2)C(=O)N1c1ccc(-c2nc3ccccc3o2)cc1. The molecule has 2 aliphatic rings. The average molecular weight is 623 g/mol. The number of oxazole rings is 1. The molecular weight excluding hydrogens is 594 g/mol. The molecule has 4 aromatic rings. The number of hydrogen-bond acceptors (Lipinski definition) is 6. The van der Waals surface area contributed by atoms with E-state index in [0.717, 1.165) is 40.6 Å². The van der Waals surface area contributed by atoms with Gasteiger partial charge in [-0.2, -0.15) is 4.31 Å². The molecule has 1 saturated carbocycles. The lowest BCUT2D eigenvalue weighted by Crippen LogP contribution is -2.50. The minimum absolute atomic E-state index is 0.112. The number of aromatic nitrogens is 1. The van der Waals surface area contributed by atoms with Crippen molar-refractivity contribution in [2.75, 3.05) is 4.90 Å². The highest BCUT2D eigenvalue weighted by atomic mass is 79.9. The van der Waals surface area contributed by atoms with Crippen molar-refractivity contribution in [2.45, 2.75) is 61.9 Å². The number of nitrogens with zero attached hydrogens (tertiary/aromatic N) is 3. The summed E-state index contributed by atoms with van der Waals surface area (Å²) < 4.78 is 36.0. The van der Waals surface area contributed by atoms with Crippen LogP contribution in [0.1, 0.15) is 44.9 Å². The molecule has 1 aromatic heterocycles. The summed E-state index contributed by atoms with van der Waals surface area (Å²) in [4.78, 5) is 32.9. The molecule has 3 aromatic carbocycles. The maximum Gasteiger partial charge on any atom is 0.252 e. The molecule has 10 heteroatoms. The van der Waals surface area contributed by atoms with Gasteiger partial charge in [-0.15, -0.1) is 0 Å². The summed E-state index contributed by atoms with van der Waals surface area (Å²) in [6.45, 7) is 0. The zero-order chi connectivity index (χ0) is 27.9. The van der Waals surface area contributed by atoms with E-state index in [-0.39, 0.29) is 17.4 Å². The quantitative estimate of drug-likeness (QED) is 0.185. The van der Waals surface area contributed by atoms with Crippen LogP contribution in [0.3, 0.4) is 0 Å². The van der Waals surface area contributed by atoms with Crippen LogP contribution in [0.4, 0.5) is 5.69 Å². The topological polar surface area (TPSA) is 101 Å². The van der Waals surface area contributed by atoms with Crippen LogP contribution in [0.25, 0.3) is 22.6 Å². The molecule has 206 valence electrons. The maximum atomic E-state index is 14.0. The van der Waals surface area contributed by atoms with Gasteiger partial charge < -0.3 is 4.42 Å². The molecule has 1 saturated heterocycles.